The Labute approximate surface area is 267 Å². The molecule has 2 aliphatic rings. The molecule has 244 valence electrons. The van der Waals surface area contributed by atoms with Crippen molar-refractivity contribution in [1.82, 2.24) is 9.55 Å². The first kappa shape index (κ1) is 32.5. The van der Waals surface area contributed by atoms with E-state index in [1.54, 1.807) is 23.3 Å². The number of rotatable bonds is 14. The third-order valence-electron chi connectivity index (χ3n) is 8.14. The van der Waals surface area contributed by atoms with Gasteiger partial charge in [0.25, 0.3) is 0 Å². The van der Waals surface area contributed by atoms with Gasteiger partial charge in [-0.15, -0.1) is 0 Å². The average molecular weight is 633 g/mol. The Morgan fingerprint density at radius 2 is 1.20 bits per heavy atom. The molecule has 0 saturated carbocycles. The van der Waals surface area contributed by atoms with E-state index in [1.807, 2.05) is 91.0 Å². The summed E-state index contributed by atoms with van der Waals surface area (Å²) in [5, 5.41) is 33.9. The lowest BCUT2D eigenvalue weighted by molar-refractivity contribution is -0.329. The fourth-order valence-electron chi connectivity index (χ4n) is 5.67. The van der Waals surface area contributed by atoms with Crippen molar-refractivity contribution in [2.75, 3.05) is 13.2 Å². The van der Waals surface area contributed by atoms with Crippen LogP contribution in [0.15, 0.2) is 110 Å². The Hall–Kier alpha value is -3.49. The summed E-state index contributed by atoms with van der Waals surface area (Å²) in [6.07, 6.45) is -4.64. The van der Waals surface area contributed by atoms with Crippen molar-refractivity contribution in [3.63, 3.8) is 0 Å². The minimum atomic E-state index is -1.37. The van der Waals surface area contributed by atoms with Crippen molar-refractivity contribution in [2.45, 2.75) is 75.1 Å². The van der Waals surface area contributed by atoms with Gasteiger partial charge >= 0.3 is 0 Å². The van der Waals surface area contributed by atoms with Gasteiger partial charge in [0.1, 0.15) is 42.7 Å². The van der Waals surface area contributed by atoms with Crippen molar-refractivity contribution in [2.24, 2.45) is 0 Å². The highest BCUT2D eigenvalue weighted by molar-refractivity contribution is 5.15. The molecule has 4 aromatic rings. The van der Waals surface area contributed by atoms with E-state index in [4.69, 9.17) is 28.4 Å². The fraction of sp³-hybridized carbons (Fsp3) is 0.400. The van der Waals surface area contributed by atoms with Gasteiger partial charge in [0, 0.05) is 12.4 Å². The molecular formula is C35H40N2O9. The molecule has 0 radical (unpaired) electrons. The van der Waals surface area contributed by atoms with Crippen LogP contribution in [0.5, 0.6) is 0 Å². The highest BCUT2D eigenvalue weighted by atomic mass is 16.7. The molecule has 6 rings (SSSR count). The van der Waals surface area contributed by atoms with Crippen LogP contribution in [0, 0.1) is 0 Å². The summed E-state index contributed by atoms with van der Waals surface area (Å²) in [4.78, 5) is 4.09. The van der Waals surface area contributed by atoms with Crippen molar-refractivity contribution in [3.8, 4) is 0 Å². The number of hydrogen-bond donors (Lipinski definition) is 3. The Morgan fingerprint density at radius 3 is 1.76 bits per heavy atom. The average Bonchev–Trinajstić information content (AvgIpc) is 3.73. The zero-order chi connectivity index (χ0) is 31.7. The predicted octanol–water partition coefficient (Wildman–Crippen LogP) is 2.99. The zero-order valence-corrected chi connectivity index (χ0v) is 25.3. The van der Waals surface area contributed by atoms with Gasteiger partial charge in [-0.2, -0.15) is 0 Å². The summed E-state index contributed by atoms with van der Waals surface area (Å²) < 4.78 is 38.6. The van der Waals surface area contributed by atoms with Crippen LogP contribution in [0.3, 0.4) is 0 Å². The second-order valence-electron chi connectivity index (χ2n) is 11.5. The minimum Gasteiger partial charge on any atom is -0.387 e. The molecule has 3 N–H and O–H groups in total. The summed E-state index contributed by atoms with van der Waals surface area (Å²) in [6.45, 7) is 0.875. The normalized spacial score (nSPS) is 29.6. The number of benzene rings is 3. The maximum atomic E-state index is 11.5. The van der Waals surface area contributed by atoms with Gasteiger partial charge < -0.3 is 48.3 Å². The first-order chi connectivity index (χ1) is 22.6. The summed E-state index contributed by atoms with van der Waals surface area (Å²) in [5.41, 5.74) is 2.82. The van der Waals surface area contributed by atoms with E-state index in [-0.39, 0.29) is 19.8 Å². The van der Waals surface area contributed by atoms with E-state index >= 15 is 0 Å². The van der Waals surface area contributed by atoms with Crippen LogP contribution in [0.2, 0.25) is 0 Å². The number of imidazole rings is 1. The van der Waals surface area contributed by atoms with Crippen LogP contribution >= 0.6 is 0 Å². The third kappa shape index (κ3) is 8.07. The highest BCUT2D eigenvalue weighted by Gasteiger charge is 2.52. The van der Waals surface area contributed by atoms with Crippen LogP contribution in [-0.2, 0) is 48.2 Å². The summed E-state index contributed by atoms with van der Waals surface area (Å²) in [7, 11) is 0. The lowest BCUT2D eigenvalue weighted by atomic mass is 9.98. The van der Waals surface area contributed by atoms with E-state index in [0.717, 1.165) is 16.7 Å². The van der Waals surface area contributed by atoms with Gasteiger partial charge in [-0.1, -0.05) is 91.0 Å². The van der Waals surface area contributed by atoms with E-state index in [2.05, 4.69) is 4.98 Å². The Morgan fingerprint density at radius 1 is 0.630 bits per heavy atom. The maximum Gasteiger partial charge on any atom is 0.187 e. The summed E-state index contributed by atoms with van der Waals surface area (Å²) in [6, 6.07) is 28.8. The molecule has 11 nitrogen and oxygen atoms in total. The first-order valence-corrected chi connectivity index (χ1v) is 15.4. The minimum absolute atomic E-state index is 0.0105. The maximum absolute atomic E-state index is 11.5. The first-order valence-electron chi connectivity index (χ1n) is 15.4. The standard InChI is InChI=1S/C35H40N2O9/c38-29-27(21-41-18-24-10-4-1-5-11-24)45-35(33(30(29)39)43-20-26-14-8-3-9-15-26)46-32-28(22-42-19-25-12-6-2-7-13-25)44-34(31(32)40)37-17-16-36-23-37/h1-17,23,27-35,38-40H,18-22H2/t27-,28-,29-,30+,31-,32-,33-,34-,35-/m1/s1. The quantitative estimate of drug-likeness (QED) is 0.191. The molecule has 3 aromatic carbocycles. The molecule has 3 heterocycles. The summed E-state index contributed by atoms with van der Waals surface area (Å²) >= 11 is 0. The summed E-state index contributed by atoms with van der Waals surface area (Å²) in [5.74, 6) is 0. The monoisotopic (exact) mass is 632 g/mol. The molecule has 11 heteroatoms. The van der Waals surface area contributed by atoms with Crippen LogP contribution in [0.4, 0.5) is 0 Å². The van der Waals surface area contributed by atoms with Crippen LogP contribution in [-0.4, -0.2) is 87.1 Å². The van der Waals surface area contributed by atoms with E-state index in [0.29, 0.717) is 13.2 Å². The number of aromatic nitrogens is 2. The van der Waals surface area contributed by atoms with Gasteiger partial charge in [0.15, 0.2) is 12.5 Å². The SMILES string of the molecule is O[C@@H]1[C@H](O[C@H]2O[C@H](COCc3ccccc3)[C@@H](O)[C@H](O)[C@H]2OCc2ccccc2)[C@@H](COCc2ccccc2)O[C@H]1n1ccnc1. The Balaban J connectivity index is 1.19. The van der Waals surface area contributed by atoms with Gasteiger partial charge in [-0.05, 0) is 16.7 Å². The van der Waals surface area contributed by atoms with Gasteiger partial charge in [0.2, 0.25) is 0 Å². The molecule has 0 aliphatic carbocycles. The molecule has 0 spiro atoms. The number of nitrogens with zero attached hydrogens (tertiary/aromatic N) is 2. The van der Waals surface area contributed by atoms with Gasteiger partial charge in [-0.25, -0.2) is 4.98 Å². The second-order valence-corrected chi connectivity index (χ2v) is 11.5. The number of hydrogen-bond acceptors (Lipinski definition) is 10. The highest BCUT2D eigenvalue weighted by Crippen LogP contribution is 2.35. The van der Waals surface area contributed by atoms with Crippen molar-refractivity contribution in [3.05, 3.63) is 126 Å². The molecule has 2 aliphatic heterocycles. The largest absolute Gasteiger partial charge is 0.387 e. The lowest BCUT2D eigenvalue weighted by Crippen LogP contribution is -2.61. The Bertz CT molecular complexity index is 1430. The molecule has 2 saturated heterocycles. The van der Waals surface area contributed by atoms with E-state index in [9.17, 15) is 15.3 Å². The smallest absolute Gasteiger partial charge is 0.187 e. The molecule has 2 fully saturated rings. The topological polar surface area (TPSA) is 134 Å². The van der Waals surface area contributed by atoms with Crippen LogP contribution in [0.1, 0.15) is 22.9 Å². The lowest BCUT2D eigenvalue weighted by Gasteiger charge is -2.43. The molecule has 1 aromatic heterocycles. The third-order valence-corrected chi connectivity index (χ3v) is 8.14. The zero-order valence-electron chi connectivity index (χ0n) is 25.3. The van der Waals surface area contributed by atoms with E-state index < -0.39 is 55.2 Å². The Kier molecular flexibility index (Phi) is 11.2. The van der Waals surface area contributed by atoms with Crippen molar-refractivity contribution >= 4 is 0 Å². The predicted molar refractivity (Wildman–Crippen MR) is 165 cm³/mol. The molecule has 0 amide bonds. The van der Waals surface area contributed by atoms with Crippen molar-refractivity contribution < 1.29 is 43.7 Å². The molecule has 0 unspecified atom stereocenters. The van der Waals surface area contributed by atoms with Crippen molar-refractivity contribution in [1.29, 1.82) is 0 Å². The fourth-order valence-corrected chi connectivity index (χ4v) is 5.67. The number of ether oxygens (including phenoxy) is 6. The number of aliphatic hydroxyl groups is 3. The molecule has 0 bridgehead atoms. The molecule has 9 atom stereocenters. The van der Waals surface area contributed by atoms with Gasteiger partial charge in [0.05, 0.1) is 39.4 Å². The number of aliphatic hydroxyl groups excluding tert-OH is 3. The van der Waals surface area contributed by atoms with Crippen LogP contribution < -0.4 is 0 Å². The second kappa shape index (κ2) is 15.9. The van der Waals surface area contributed by atoms with E-state index in [1.165, 1.54) is 0 Å². The van der Waals surface area contributed by atoms with Gasteiger partial charge in [-0.3, -0.25) is 0 Å². The van der Waals surface area contributed by atoms with Crippen LogP contribution in [0.25, 0.3) is 0 Å². The molecule has 46 heavy (non-hydrogen) atoms. The molecular weight excluding hydrogens is 592 g/mol.